The molecule has 0 aromatic heterocycles. The topological polar surface area (TPSA) is 66.5 Å². The molecule has 0 aliphatic rings. The molecule has 3 rings (SSSR count). The van der Waals surface area contributed by atoms with E-state index in [1.54, 1.807) is 24.3 Å². The number of aryl methyl sites for hydroxylation is 4. The second kappa shape index (κ2) is 8.94. The van der Waals surface area contributed by atoms with Gasteiger partial charge in [-0.1, -0.05) is 30.3 Å². The normalized spacial score (nSPS) is 11.3. The fraction of sp³-hybridized carbons (Fsp3) is 0.240. The van der Waals surface area contributed by atoms with Gasteiger partial charge in [-0.2, -0.15) is 0 Å². The lowest BCUT2D eigenvalue weighted by molar-refractivity contribution is 0.102. The molecule has 0 atom stereocenters. The monoisotopic (exact) mass is 436 g/mol. The number of benzene rings is 3. The molecule has 0 bridgehead atoms. The molecule has 0 saturated carbocycles. The van der Waals surface area contributed by atoms with Crippen LogP contribution in [0.2, 0.25) is 0 Å². The largest absolute Gasteiger partial charge is 0.322 e. The summed E-state index contributed by atoms with van der Waals surface area (Å²) in [5.74, 6) is -0.229. The minimum absolute atomic E-state index is 0.145. The third-order valence-electron chi connectivity index (χ3n) is 5.34. The molecule has 6 heteroatoms. The molecule has 0 heterocycles. The van der Waals surface area contributed by atoms with E-state index in [9.17, 15) is 13.2 Å². The number of amides is 1. The van der Waals surface area contributed by atoms with Crippen LogP contribution in [0.5, 0.6) is 0 Å². The molecule has 3 aromatic rings. The number of carbonyl (C=O) groups excluding carboxylic acids is 1. The molecule has 5 nitrogen and oxygen atoms in total. The highest BCUT2D eigenvalue weighted by molar-refractivity contribution is 7.92. The molecule has 162 valence electrons. The highest BCUT2D eigenvalue weighted by Crippen LogP contribution is 2.24. The molecule has 0 aliphatic carbocycles. The fourth-order valence-electron chi connectivity index (χ4n) is 3.32. The van der Waals surface area contributed by atoms with Gasteiger partial charge in [-0.15, -0.1) is 0 Å². The Morgan fingerprint density at radius 1 is 0.871 bits per heavy atom. The van der Waals surface area contributed by atoms with E-state index in [1.165, 1.54) is 10.6 Å². The van der Waals surface area contributed by atoms with Crippen LogP contribution in [-0.4, -0.2) is 20.6 Å². The molecule has 0 radical (unpaired) electrons. The first kappa shape index (κ1) is 22.6. The minimum atomic E-state index is -3.51. The van der Waals surface area contributed by atoms with Gasteiger partial charge >= 0.3 is 0 Å². The van der Waals surface area contributed by atoms with Crippen molar-refractivity contribution in [2.45, 2.75) is 34.2 Å². The van der Waals surface area contributed by atoms with Crippen molar-refractivity contribution in [3.05, 3.63) is 94.0 Å². The Balaban J connectivity index is 1.87. The average molecular weight is 437 g/mol. The van der Waals surface area contributed by atoms with E-state index in [2.05, 4.69) is 5.32 Å². The summed E-state index contributed by atoms with van der Waals surface area (Å²) < 4.78 is 26.4. The zero-order chi connectivity index (χ0) is 22.8. The Kier molecular flexibility index (Phi) is 6.51. The van der Waals surface area contributed by atoms with Crippen molar-refractivity contribution in [2.75, 3.05) is 15.9 Å². The summed E-state index contributed by atoms with van der Waals surface area (Å²) in [6.07, 6.45) is 1.19. The molecule has 1 amide bonds. The van der Waals surface area contributed by atoms with Crippen molar-refractivity contribution < 1.29 is 13.2 Å². The Morgan fingerprint density at radius 2 is 1.58 bits per heavy atom. The van der Waals surface area contributed by atoms with Crippen LogP contribution in [0.15, 0.2) is 60.7 Å². The van der Waals surface area contributed by atoms with Crippen LogP contribution in [0, 0.1) is 27.7 Å². The molecule has 0 saturated heterocycles. The summed E-state index contributed by atoms with van der Waals surface area (Å²) in [5.41, 5.74) is 6.75. The quantitative estimate of drug-likeness (QED) is 0.582. The predicted octanol–water partition coefficient (Wildman–Crippen LogP) is 5.14. The maximum atomic E-state index is 12.8. The van der Waals surface area contributed by atoms with Crippen molar-refractivity contribution in [1.82, 2.24) is 0 Å². The molecule has 0 unspecified atom stereocenters. The highest BCUT2D eigenvalue weighted by Gasteiger charge is 2.19. The van der Waals surface area contributed by atoms with Gasteiger partial charge in [0.1, 0.15) is 0 Å². The van der Waals surface area contributed by atoms with Crippen LogP contribution in [0.3, 0.4) is 0 Å². The first-order chi connectivity index (χ1) is 14.5. The molecule has 1 N–H and O–H groups in total. The molecule has 31 heavy (non-hydrogen) atoms. The van der Waals surface area contributed by atoms with Gasteiger partial charge in [-0.3, -0.25) is 9.10 Å². The standard InChI is InChI=1S/C25H28N2O3S/c1-17-9-10-19(3)24(13-17)26-25(28)22-8-6-7-21(15-22)16-27(31(5,29)30)23-12-11-18(2)20(4)14-23/h6-15H,16H2,1-5H3,(H,26,28). The van der Waals surface area contributed by atoms with Crippen molar-refractivity contribution in [2.24, 2.45) is 0 Å². The number of carbonyl (C=O) groups is 1. The molecule has 0 fully saturated rings. The summed E-state index contributed by atoms with van der Waals surface area (Å²) in [7, 11) is -3.51. The molecule has 0 aliphatic heterocycles. The molecular formula is C25H28N2O3S. The number of anilines is 2. The second-order valence-electron chi connectivity index (χ2n) is 8.01. The van der Waals surface area contributed by atoms with Gasteiger partial charge in [0.15, 0.2) is 0 Å². The third kappa shape index (κ3) is 5.52. The summed E-state index contributed by atoms with van der Waals surface area (Å²) in [6, 6.07) is 18.5. The van der Waals surface area contributed by atoms with Crippen LogP contribution in [0.1, 0.15) is 38.2 Å². The SMILES string of the molecule is Cc1ccc(C)c(NC(=O)c2cccc(CN(c3ccc(C)c(C)c3)S(C)(=O)=O)c2)c1. The van der Waals surface area contributed by atoms with Gasteiger partial charge in [0.05, 0.1) is 18.5 Å². The van der Waals surface area contributed by atoms with Crippen molar-refractivity contribution in [3.63, 3.8) is 0 Å². The highest BCUT2D eigenvalue weighted by atomic mass is 32.2. The number of hydrogen-bond acceptors (Lipinski definition) is 3. The average Bonchev–Trinajstić information content (AvgIpc) is 2.70. The van der Waals surface area contributed by atoms with E-state index in [4.69, 9.17) is 0 Å². The van der Waals surface area contributed by atoms with Crippen LogP contribution < -0.4 is 9.62 Å². The van der Waals surface area contributed by atoms with Crippen LogP contribution in [-0.2, 0) is 16.6 Å². The Hall–Kier alpha value is -3.12. The lowest BCUT2D eigenvalue weighted by atomic mass is 10.1. The number of rotatable bonds is 6. The minimum Gasteiger partial charge on any atom is -0.322 e. The lowest BCUT2D eigenvalue weighted by Gasteiger charge is -2.23. The van der Waals surface area contributed by atoms with Crippen LogP contribution >= 0.6 is 0 Å². The van der Waals surface area contributed by atoms with E-state index in [0.29, 0.717) is 11.3 Å². The smallest absolute Gasteiger partial charge is 0.255 e. The second-order valence-corrected chi connectivity index (χ2v) is 9.92. The van der Waals surface area contributed by atoms with E-state index in [0.717, 1.165) is 33.5 Å². The van der Waals surface area contributed by atoms with Crippen LogP contribution in [0.25, 0.3) is 0 Å². The summed E-state index contributed by atoms with van der Waals surface area (Å²) in [4.78, 5) is 12.8. The lowest BCUT2D eigenvalue weighted by Crippen LogP contribution is -2.29. The fourth-order valence-corrected chi connectivity index (χ4v) is 4.20. The Bertz CT molecular complexity index is 1230. The maximum Gasteiger partial charge on any atom is 0.255 e. The van der Waals surface area contributed by atoms with Gasteiger partial charge < -0.3 is 5.32 Å². The van der Waals surface area contributed by atoms with Gasteiger partial charge in [-0.25, -0.2) is 8.42 Å². The van der Waals surface area contributed by atoms with Crippen LogP contribution in [0.4, 0.5) is 11.4 Å². The number of nitrogens with zero attached hydrogens (tertiary/aromatic N) is 1. The van der Waals surface area contributed by atoms with Gasteiger partial charge in [0.2, 0.25) is 10.0 Å². The van der Waals surface area contributed by atoms with Crippen molar-refractivity contribution >= 4 is 27.3 Å². The molecular weight excluding hydrogens is 408 g/mol. The Morgan fingerprint density at radius 3 is 2.26 bits per heavy atom. The van der Waals surface area contributed by atoms with E-state index < -0.39 is 10.0 Å². The van der Waals surface area contributed by atoms with E-state index in [1.807, 2.05) is 64.1 Å². The predicted molar refractivity (Wildman–Crippen MR) is 127 cm³/mol. The zero-order valence-corrected chi connectivity index (χ0v) is 19.4. The summed E-state index contributed by atoms with van der Waals surface area (Å²) >= 11 is 0. The molecule has 0 spiro atoms. The van der Waals surface area contributed by atoms with E-state index in [-0.39, 0.29) is 12.5 Å². The summed E-state index contributed by atoms with van der Waals surface area (Å²) in [5, 5.41) is 2.95. The van der Waals surface area contributed by atoms with Gasteiger partial charge in [-0.05, 0) is 85.8 Å². The number of sulfonamides is 1. The molecule has 3 aromatic carbocycles. The zero-order valence-electron chi connectivity index (χ0n) is 18.6. The first-order valence-corrected chi connectivity index (χ1v) is 11.9. The third-order valence-corrected chi connectivity index (χ3v) is 6.48. The van der Waals surface area contributed by atoms with Gasteiger partial charge in [0, 0.05) is 11.3 Å². The number of hydrogen-bond donors (Lipinski definition) is 1. The first-order valence-electron chi connectivity index (χ1n) is 10.1. The van der Waals surface area contributed by atoms with Crippen molar-refractivity contribution in [1.29, 1.82) is 0 Å². The number of nitrogens with one attached hydrogen (secondary N) is 1. The van der Waals surface area contributed by atoms with E-state index >= 15 is 0 Å². The van der Waals surface area contributed by atoms with Crippen molar-refractivity contribution in [3.8, 4) is 0 Å². The Labute approximate surface area is 184 Å². The summed E-state index contributed by atoms with van der Waals surface area (Å²) in [6.45, 7) is 8.01. The maximum absolute atomic E-state index is 12.8. The van der Waals surface area contributed by atoms with Gasteiger partial charge in [0.25, 0.3) is 5.91 Å².